The number of rotatable bonds is 2. The number of ether oxygens (including phenoxy) is 1. The van der Waals surface area contributed by atoms with E-state index in [-0.39, 0.29) is 0 Å². The second kappa shape index (κ2) is 9.34. The molecule has 0 bridgehead atoms. The molecule has 2 aliphatic rings. The van der Waals surface area contributed by atoms with Crippen LogP contribution >= 0.6 is 0 Å². The second-order valence-electron chi connectivity index (χ2n) is 4.74. The fraction of sp³-hybridized carbons (Fsp3) is 0.923. The Balaban J connectivity index is 0.000000202. The van der Waals surface area contributed by atoms with Gasteiger partial charge in [-0.05, 0) is 25.7 Å². The molecule has 0 amide bonds. The van der Waals surface area contributed by atoms with Gasteiger partial charge >= 0.3 is 0 Å². The Morgan fingerprint density at radius 2 is 1.88 bits per heavy atom. The van der Waals surface area contributed by atoms with Crippen LogP contribution < -0.4 is 5.32 Å². The molecule has 98 valence electrons. The lowest BCUT2D eigenvalue weighted by atomic mass is 9.85. The average molecular weight is 239 g/mol. The molecule has 2 rings (SSSR count). The SMILES string of the molecule is C1COCCN1.CC(N=C=N)C1CCCCC1. The Morgan fingerprint density at radius 1 is 1.24 bits per heavy atom. The highest BCUT2D eigenvalue weighted by molar-refractivity contribution is 5.36. The van der Waals surface area contributed by atoms with Crippen LogP contribution in [0.15, 0.2) is 4.99 Å². The van der Waals surface area contributed by atoms with Crippen LogP contribution in [0.2, 0.25) is 0 Å². The number of nitrogens with zero attached hydrogens (tertiary/aromatic N) is 1. The predicted octanol–water partition coefficient (Wildman–Crippen LogP) is 2.31. The summed E-state index contributed by atoms with van der Waals surface area (Å²) in [7, 11) is 0. The molecule has 0 spiro atoms. The Kier molecular flexibility index (Phi) is 7.89. The predicted molar refractivity (Wildman–Crippen MR) is 69.9 cm³/mol. The fourth-order valence-electron chi connectivity index (χ4n) is 2.34. The molecule has 1 saturated heterocycles. The van der Waals surface area contributed by atoms with E-state index in [0.717, 1.165) is 32.2 Å². The third-order valence-corrected chi connectivity index (χ3v) is 3.45. The molecule has 0 radical (unpaired) electrons. The van der Waals surface area contributed by atoms with Crippen LogP contribution in [0.5, 0.6) is 0 Å². The highest BCUT2D eigenvalue weighted by atomic mass is 16.5. The Labute approximate surface area is 104 Å². The van der Waals surface area contributed by atoms with Crippen molar-refractivity contribution in [3.63, 3.8) is 0 Å². The van der Waals surface area contributed by atoms with Crippen LogP contribution in [0.3, 0.4) is 0 Å². The Hall–Kier alpha value is -0.700. The fourth-order valence-corrected chi connectivity index (χ4v) is 2.34. The van der Waals surface area contributed by atoms with Crippen molar-refractivity contribution in [1.82, 2.24) is 5.32 Å². The topological polar surface area (TPSA) is 57.5 Å². The van der Waals surface area contributed by atoms with Gasteiger partial charge in [0.2, 0.25) is 0 Å². The van der Waals surface area contributed by atoms with E-state index in [4.69, 9.17) is 10.1 Å². The smallest absolute Gasteiger partial charge is 0.0864 e. The number of hydrogen-bond acceptors (Lipinski definition) is 4. The molecule has 17 heavy (non-hydrogen) atoms. The summed E-state index contributed by atoms with van der Waals surface area (Å²) in [5.74, 6) is 0.724. The van der Waals surface area contributed by atoms with E-state index in [1.54, 1.807) is 0 Å². The van der Waals surface area contributed by atoms with Gasteiger partial charge in [0.25, 0.3) is 0 Å². The van der Waals surface area contributed by atoms with Gasteiger partial charge in [-0.2, -0.15) is 0 Å². The minimum absolute atomic E-state index is 0.327. The number of aliphatic imine (C=N–C) groups is 1. The zero-order valence-corrected chi connectivity index (χ0v) is 10.9. The first kappa shape index (κ1) is 14.4. The first-order valence-electron chi connectivity index (χ1n) is 6.74. The third-order valence-electron chi connectivity index (χ3n) is 3.45. The highest BCUT2D eigenvalue weighted by Gasteiger charge is 2.18. The van der Waals surface area contributed by atoms with Gasteiger partial charge in [-0.25, -0.2) is 10.4 Å². The average Bonchev–Trinajstić information content (AvgIpc) is 2.43. The summed E-state index contributed by atoms with van der Waals surface area (Å²) in [5, 5.41) is 9.89. The molecule has 0 aromatic heterocycles. The Morgan fingerprint density at radius 3 is 2.29 bits per heavy atom. The van der Waals surface area contributed by atoms with Crippen molar-refractivity contribution in [1.29, 1.82) is 5.41 Å². The van der Waals surface area contributed by atoms with Gasteiger partial charge in [-0.3, -0.25) is 0 Å². The Bertz CT molecular complexity index is 217. The zero-order chi connectivity index (χ0) is 12.3. The summed E-state index contributed by atoms with van der Waals surface area (Å²) in [6.07, 6.45) is 6.68. The number of nitrogens with one attached hydrogen (secondary N) is 2. The van der Waals surface area contributed by atoms with Gasteiger partial charge in [0, 0.05) is 13.1 Å². The van der Waals surface area contributed by atoms with Gasteiger partial charge in [0.1, 0.15) is 0 Å². The van der Waals surface area contributed by atoms with Gasteiger partial charge in [-0.15, -0.1) is 0 Å². The van der Waals surface area contributed by atoms with Crippen molar-refractivity contribution in [2.75, 3.05) is 26.3 Å². The second-order valence-corrected chi connectivity index (χ2v) is 4.74. The van der Waals surface area contributed by atoms with E-state index >= 15 is 0 Å². The van der Waals surface area contributed by atoms with Crippen molar-refractivity contribution in [2.45, 2.75) is 45.1 Å². The van der Waals surface area contributed by atoms with Crippen LogP contribution in [-0.2, 0) is 4.74 Å². The van der Waals surface area contributed by atoms with Crippen molar-refractivity contribution in [2.24, 2.45) is 10.9 Å². The molecule has 1 aliphatic carbocycles. The van der Waals surface area contributed by atoms with Crippen molar-refractivity contribution < 1.29 is 4.74 Å². The van der Waals surface area contributed by atoms with Crippen LogP contribution in [0.4, 0.5) is 0 Å². The maximum absolute atomic E-state index is 6.74. The van der Waals surface area contributed by atoms with Crippen LogP contribution in [-0.4, -0.2) is 38.4 Å². The minimum Gasteiger partial charge on any atom is -0.379 e. The molecular formula is C13H25N3O. The summed E-state index contributed by atoms with van der Waals surface area (Å²) < 4.78 is 5.01. The zero-order valence-electron chi connectivity index (χ0n) is 10.9. The van der Waals surface area contributed by atoms with E-state index in [1.807, 2.05) is 0 Å². The van der Waals surface area contributed by atoms with Crippen molar-refractivity contribution in [3.8, 4) is 0 Å². The molecule has 0 aromatic carbocycles. The summed E-state index contributed by atoms with van der Waals surface area (Å²) >= 11 is 0. The van der Waals surface area contributed by atoms with E-state index in [1.165, 1.54) is 32.1 Å². The third kappa shape index (κ3) is 6.57. The van der Waals surface area contributed by atoms with Crippen LogP contribution in [0, 0.1) is 11.3 Å². The molecule has 2 N–H and O–H groups in total. The van der Waals surface area contributed by atoms with Crippen molar-refractivity contribution in [3.05, 3.63) is 0 Å². The standard InChI is InChI=1S/C9H16N2.C4H9NO/c1-8(11-7-10)9-5-3-2-4-6-9;1-3-6-4-2-5-1/h8-10H,2-6H2,1H3;5H,1-4H2. The van der Waals surface area contributed by atoms with E-state index in [9.17, 15) is 0 Å². The van der Waals surface area contributed by atoms with E-state index in [0.29, 0.717) is 6.04 Å². The molecule has 1 saturated carbocycles. The first-order chi connectivity index (χ1) is 8.34. The normalized spacial score (nSPS) is 22.9. The van der Waals surface area contributed by atoms with Gasteiger partial charge in [-0.1, -0.05) is 19.3 Å². The van der Waals surface area contributed by atoms with E-state index in [2.05, 4.69) is 23.2 Å². The molecule has 1 aliphatic heterocycles. The molecular weight excluding hydrogens is 214 g/mol. The molecule has 1 heterocycles. The number of morpholine rings is 1. The molecule has 4 heteroatoms. The van der Waals surface area contributed by atoms with E-state index < -0.39 is 0 Å². The lowest BCUT2D eigenvalue weighted by Crippen LogP contribution is -2.30. The highest BCUT2D eigenvalue weighted by Crippen LogP contribution is 2.27. The summed E-state index contributed by atoms with van der Waals surface area (Å²) in [6, 6.07) is 2.47. The lowest BCUT2D eigenvalue weighted by Gasteiger charge is -2.23. The molecule has 0 aromatic rings. The largest absolute Gasteiger partial charge is 0.379 e. The molecule has 4 nitrogen and oxygen atoms in total. The quantitative estimate of drug-likeness (QED) is 0.727. The van der Waals surface area contributed by atoms with Gasteiger partial charge in [0.05, 0.1) is 25.3 Å². The molecule has 1 atom stereocenters. The van der Waals surface area contributed by atoms with Crippen LogP contribution in [0.1, 0.15) is 39.0 Å². The maximum atomic E-state index is 6.74. The van der Waals surface area contributed by atoms with Gasteiger partial charge in [0.15, 0.2) is 0 Å². The lowest BCUT2D eigenvalue weighted by molar-refractivity contribution is 0.109. The summed E-state index contributed by atoms with van der Waals surface area (Å²) in [5.41, 5.74) is 0. The monoisotopic (exact) mass is 239 g/mol. The number of hydrogen-bond donors (Lipinski definition) is 2. The first-order valence-corrected chi connectivity index (χ1v) is 6.74. The van der Waals surface area contributed by atoms with Crippen LogP contribution in [0.25, 0.3) is 0 Å². The van der Waals surface area contributed by atoms with Crippen molar-refractivity contribution >= 4 is 6.01 Å². The molecule has 1 unspecified atom stereocenters. The summed E-state index contributed by atoms with van der Waals surface area (Å²) in [6.45, 7) is 5.93. The minimum atomic E-state index is 0.327. The summed E-state index contributed by atoms with van der Waals surface area (Å²) in [4.78, 5) is 3.96. The van der Waals surface area contributed by atoms with Gasteiger partial charge < -0.3 is 10.1 Å². The molecule has 2 fully saturated rings. The maximum Gasteiger partial charge on any atom is 0.0864 e.